The van der Waals surface area contributed by atoms with Crippen molar-refractivity contribution in [3.05, 3.63) is 65.9 Å². The fraction of sp³-hybridized carbons (Fsp3) is 0.333. The maximum atomic E-state index is 12.3. The van der Waals surface area contributed by atoms with E-state index < -0.39 is 0 Å². The topological polar surface area (TPSA) is 73.0 Å². The highest BCUT2D eigenvalue weighted by Gasteiger charge is 2.12. The normalized spacial score (nSPS) is 11.0. The van der Waals surface area contributed by atoms with Crippen LogP contribution in [0.5, 0.6) is 0 Å². The van der Waals surface area contributed by atoms with E-state index in [2.05, 4.69) is 19.2 Å². The lowest BCUT2D eigenvalue weighted by Crippen LogP contribution is -3.11. The van der Waals surface area contributed by atoms with Gasteiger partial charge in [0, 0.05) is 24.0 Å². The van der Waals surface area contributed by atoms with Crippen LogP contribution in [0, 0.1) is 0 Å². The highest BCUT2D eigenvalue weighted by atomic mass is 16.5. The SMILES string of the molecule is CC[NH+](CC)CCOC(=O)c1ccc(NCCC(=O)c2cc3ccccc3o2)cc1. The van der Waals surface area contributed by atoms with Gasteiger partial charge in [-0.15, -0.1) is 0 Å². The Balaban J connectivity index is 1.44. The zero-order valence-electron chi connectivity index (χ0n) is 17.6. The number of carbonyl (C=O) groups excluding carboxylic acids is 2. The Morgan fingerprint density at radius 2 is 1.77 bits per heavy atom. The predicted molar refractivity (Wildman–Crippen MR) is 117 cm³/mol. The zero-order valence-corrected chi connectivity index (χ0v) is 17.6. The number of Topliss-reactive ketones (excluding diaryl/α,β-unsaturated/α-hetero) is 1. The van der Waals surface area contributed by atoms with Gasteiger partial charge in [0.15, 0.2) is 11.5 Å². The Kier molecular flexibility index (Phi) is 7.63. The smallest absolute Gasteiger partial charge is 0.338 e. The number of rotatable bonds is 11. The number of furan rings is 1. The molecule has 0 amide bonds. The molecule has 0 atom stereocenters. The van der Waals surface area contributed by atoms with E-state index in [1.807, 2.05) is 36.4 Å². The second-order valence-corrected chi connectivity index (χ2v) is 7.17. The van der Waals surface area contributed by atoms with Crippen molar-refractivity contribution < 1.29 is 23.6 Å². The van der Waals surface area contributed by atoms with E-state index >= 15 is 0 Å². The van der Waals surface area contributed by atoms with Gasteiger partial charge < -0.3 is 19.4 Å². The average molecular weight is 410 g/mol. The standard InChI is InChI=1S/C24H28N2O4/c1-3-26(4-2)15-16-29-24(28)18-9-11-20(12-10-18)25-14-13-21(27)23-17-19-7-5-6-8-22(19)30-23/h5-12,17,25H,3-4,13-16H2,1-2H3/p+1. The molecule has 0 fully saturated rings. The second-order valence-electron chi connectivity index (χ2n) is 7.17. The third-order valence-corrected chi connectivity index (χ3v) is 5.19. The number of carbonyl (C=O) groups is 2. The number of hydrogen-bond acceptors (Lipinski definition) is 5. The summed E-state index contributed by atoms with van der Waals surface area (Å²) in [6.07, 6.45) is 0.317. The number of ether oxygens (including phenoxy) is 1. The van der Waals surface area contributed by atoms with E-state index in [1.54, 1.807) is 18.2 Å². The predicted octanol–water partition coefficient (Wildman–Crippen LogP) is 3.20. The molecule has 0 radical (unpaired) electrons. The van der Waals surface area contributed by atoms with Gasteiger partial charge in [-0.3, -0.25) is 4.79 Å². The van der Waals surface area contributed by atoms with Crippen LogP contribution in [0.3, 0.4) is 0 Å². The van der Waals surface area contributed by atoms with Gasteiger partial charge >= 0.3 is 5.97 Å². The van der Waals surface area contributed by atoms with E-state index in [1.165, 1.54) is 4.90 Å². The molecule has 2 aromatic carbocycles. The molecule has 0 aliphatic rings. The highest BCUT2D eigenvalue weighted by Crippen LogP contribution is 2.20. The number of quaternary nitrogens is 1. The third-order valence-electron chi connectivity index (χ3n) is 5.19. The Hall–Kier alpha value is -3.12. The molecule has 3 aromatic rings. The number of esters is 1. The van der Waals surface area contributed by atoms with Gasteiger partial charge in [0.2, 0.25) is 0 Å². The summed E-state index contributed by atoms with van der Waals surface area (Å²) in [5.41, 5.74) is 2.08. The van der Waals surface area contributed by atoms with Gasteiger partial charge in [-0.1, -0.05) is 18.2 Å². The van der Waals surface area contributed by atoms with Crippen LogP contribution in [-0.2, 0) is 4.74 Å². The van der Waals surface area contributed by atoms with Crippen LogP contribution in [0.1, 0.15) is 41.2 Å². The summed E-state index contributed by atoms with van der Waals surface area (Å²) in [6.45, 7) is 8.00. The van der Waals surface area contributed by atoms with E-state index in [9.17, 15) is 9.59 Å². The molecule has 0 spiro atoms. The van der Waals surface area contributed by atoms with Gasteiger partial charge in [0.1, 0.15) is 18.7 Å². The first kappa shape index (κ1) is 21.6. The first-order chi connectivity index (χ1) is 14.6. The number of para-hydroxylation sites is 1. The number of fused-ring (bicyclic) bond motifs is 1. The van der Waals surface area contributed by atoms with Gasteiger partial charge in [-0.2, -0.15) is 0 Å². The first-order valence-electron chi connectivity index (χ1n) is 10.5. The van der Waals surface area contributed by atoms with Crippen LogP contribution >= 0.6 is 0 Å². The molecule has 6 nitrogen and oxygen atoms in total. The highest BCUT2D eigenvalue weighted by molar-refractivity contribution is 5.97. The van der Waals surface area contributed by atoms with Gasteiger partial charge in [-0.05, 0) is 50.2 Å². The van der Waals surface area contributed by atoms with Crippen molar-refractivity contribution in [3.8, 4) is 0 Å². The van der Waals surface area contributed by atoms with Crippen molar-refractivity contribution in [3.63, 3.8) is 0 Å². The molecule has 0 aliphatic heterocycles. The van der Waals surface area contributed by atoms with Crippen molar-refractivity contribution in [2.75, 3.05) is 38.1 Å². The fourth-order valence-electron chi connectivity index (χ4n) is 3.26. The molecule has 2 N–H and O–H groups in total. The number of likely N-dealkylation sites (N-methyl/N-ethyl adjacent to an activating group) is 1. The van der Waals surface area contributed by atoms with E-state index in [0.29, 0.717) is 30.9 Å². The third kappa shape index (κ3) is 5.70. The monoisotopic (exact) mass is 409 g/mol. The number of nitrogens with one attached hydrogen (secondary N) is 2. The maximum absolute atomic E-state index is 12.3. The van der Waals surface area contributed by atoms with Crippen LogP contribution in [-0.4, -0.2) is 44.5 Å². The van der Waals surface area contributed by atoms with Crippen molar-refractivity contribution in [2.45, 2.75) is 20.3 Å². The lowest BCUT2D eigenvalue weighted by Gasteiger charge is -2.15. The molecule has 0 saturated heterocycles. The summed E-state index contributed by atoms with van der Waals surface area (Å²) in [7, 11) is 0. The van der Waals surface area contributed by atoms with Crippen molar-refractivity contribution in [2.24, 2.45) is 0 Å². The Morgan fingerprint density at radius 3 is 2.47 bits per heavy atom. The van der Waals surface area contributed by atoms with Gasteiger partial charge in [0.25, 0.3) is 0 Å². The average Bonchev–Trinajstić information content (AvgIpc) is 3.21. The summed E-state index contributed by atoms with van der Waals surface area (Å²) >= 11 is 0. The summed E-state index contributed by atoms with van der Waals surface area (Å²) < 4.78 is 11.0. The minimum Gasteiger partial charge on any atom is -0.456 e. The first-order valence-corrected chi connectivity index (χ1v) is 10.5. The van der Waals surface area contributed by atoms with Crippen LogP contribution in [0.4, 0.5) is 5.69 Å². The van der Waals surface area contributed by atoms with E-state index in [4.69, 9.17) is 9.15 Å². The van der Waals surface area contributed by atoms with Crippen molar-refractivity contribution >= 4 is 28.4 Å². The Morgan fingerprint density at radius 1 is 1.03 bits per heavy atom. The number of anilines is 1. The summed E-state index contributed by atoms with van der Waals surface area (Å²) in [5, 5.41) is 4.13. The van der Waals surface area contributed by atoms with Crippen LogP contribution < -0.4 is 10.2 Å². The van der Waals surface area contributed by atoms with Crippen LogP contribution in [0.15, 0.2) is 59.0 Å². The molecule has 158 valence electrons. The van der Waals surface area contributed by atoms with Crippen LogP contribution in [0.25, 0.3) is 11.0 Å². The maximum Gasteiger partial charge on any atom is 0.338 e. The Labute approximate surface area is 176 Å². The molecule has 0 aliphatic carbocycles. The molecule has 3 rings (SSSR count). The molecule has 6 heteroatoms. The number of hydrogen-bond donors (Lipinski definition) is 2. The largest absolute Gasteiger partial charge is 0.456 e. The Bertz CT molecular complexity index is 941. The summed E-state index contributed by atoms with van der Waals surface area (Å²) in [6, 6.07) is 16.4. The molecule has 1 heterocycles. The van der Waals surface area contributed by atoms with Gasteiger partial charge in [-0.25, -0.2) is 4.79 Å². The number of benzene rings is 2. The quantitative estimate of drug-likeness (QED) is 0.376. The minimum atomic E-state index is -0.312. The summed E-state index contributed by atoms with van der Waals surface area (Å²) in [4.78, 5) is 25.9. The fourth-order valence-corrected chi connectivity index (χ4v) is 3.26. The lowest BCUT2D eigenvalue weighted by molar-refractivity contribution is -0.896. The van der Waals surface area contributed by atoms with E-state index in [0.717, 1.165) is 36.3 Å². The minimum absolute atomic E-state index is 0.0470. The molecular formula is C24H29N2O4+. The lowest BCUT2D eigenvalue weighted by atomic mass is 10.2. The van der Waals surface area contributed by atoms with E-state index in [-0.39, 0.29) is 11.8 Å². The molecule has 0 unspecified atom stereocenters. The molecular weight excluding hydrogens is 380 g/mol. The molecule has 30 heavy (non-hydrogen) atoms. The molecule has 0 saturated carbocycles. The van der Waals surface area contributed by atoms with Gasteiger partial charge in [0.05, 0.1) is 18.7 Å². The van der Waals surface area contributed by atoms with Crippen molar-refractivity contribution in [1.82, 2.24) is 0 Å². The zero-order chi connectivity index (χ0) is 21.3. The summed E-state index contributed by atoms with van der Waals surface area (Å²) in [5.74, 6) is 0.0186. The number of ketones is 1. The molecule has 1 aromatic heterocycles. The molecule has 0 bridgehead atoms. The van der Waals surface area contributed by atoms with Crippen molar-refractivity contribution in [1.29, 1.82) is 0 Å². The second kappa shape index (κ2) is 10.6. The van der Waals surface area contributed by atoms with Crippen LogP contribution in [0.2, 0.25) is 0 Å².